The number of hydrogen-bond acceptors (Lipinski definition) is 3. The molecule has 0 aliphatic rings. The standard InChI is InChI=1S/C16H23F3N2O2.ClH/c1-11-7-13(9-21(4)14(22)5-6-20-3)8-12(2)15(11)23-10-16(17,18)19;/h7-8,20H,5-6,9-10H2,1-4H3;1H. The highest BCUT2D eigenvalue weighted by molar-refractivity contribution is 5.85. The minimum atomic E-state index is -4.36. The van der Waals surface area contributed by atoms with Crippen molar-refractivity contribution in [1.82, 2.24) is 10.2 Å². The topological polar surface area (TPSA) is 41.6 Å². The van der Waals surface area contributed by atoms with Crippen LogP contribution in [0.3, 0.4) is 0 Å². The van der Waals surface area contributed by atoms with Crippen LogP contribution < -0.4 is 10.1 Å². The van der Waals surface area contributed by atoms with E-state index in [1.54, 1.807) is 45.0 Å². The SMILES string of the molecule is CNCCC(=O)N(C)Cc1cc(C)c(OCC(F)(F)F)c(C)c1.Cl. The maximum atomic E-state index is 12.3. The summed E-state index contributed by atoms with van der Waals surface area (Å²) in [6, 6.07) is 3.50. The molecule has 0 aliphatic carbocycles. The number of nitrogens with zero attached hydrogens (tertiary/aromatic N) is 1. The Balaban J connectivity index is 0.00000529. The van der Waals surface area contributed by atoms with E-state index in [4.69, 9.17) is 4.74 Å². The fraction of sp³-hybridized carbons (Fsp3) is 0.562. The molecule has 24 heavy (non-hydrogen) atoms. The van der Waals surface area contributed by atoms with Crippen molar-refractivity contribution in [3.8, 4) is 5.75 Å². The minimum Gasteiger partial charge on any atom is -0.484 e. The number of alkyl halides is 3. The number of carbonyl (C=O) groups is 1. The average Bonchev–Trinajstić information content (AvgIpc) is 2.42. The number of rotatable bonds is 7. The molecule has 1 N–H and O–H groups in total. The van der Waals surface area contributed by atoms with Gasteiger partial charge in [-0.15, -0.1) is 12.4 Å². The van der Waals surface area contributed by atoms with Crippen molar-refractivity contribution in [2.45, 2.75) is 33.0 Å². The first kappa shape index (κ1) is 22.5. The number of halogens is 4. The number of hydrogen-bond donors (Lipinski definition) is 1. The van der Waals surface area contributed by atoms with Gasteiger partial charge in [0.05, 0.1) is 0 Å². The van der Waals surface area contributed by atoms with E-state index in [0.29, 0.717) is 30.6 Å². The van der Waals surface area contributed by atoms with Crippen molar-refractivity contribution >= 4 is 18.3 Å². The number of ether oxygens (including phenoxy) is 1. The smallest absolute Gasteiger partial charge is 0.422 e. The first-order valence-electron chi connectivity index (χ1n) is 7.32. The normalized spacial score (nSPS) is 11.0. The number of benzene rings is 1. The van der Waals surface area contributed by atoms with Crippen LogP contribution in [-0.2, 0) is 11.3 Å². The van der Waals surface area contributed by atoms with Gasteiger partial charge in [0.15, 0.2) is 6.61 Å². The van der Waals surface area contributed by atoms with Crippen LogP contribution in [0, 0.1) is 13.8 Å². The van der Waals surface area contributed by atoms with Gasteiger partial charge in [0.1, 0.15) is 5.75 Å². The first-order chi connectivity index (χ1) is 10.6. The fourth-order valence-electron chi connectivity index (χ4n) is 2.30. The molecular formula is C16H24ClF3N2O2. The second-order valence-corrected chi connectivity index (χ2v) is 5.57. The summed E-state index contributed by atoms with van der Waals surface area (Å²) in [5.74, 6) is 0.252. The van der Waals surface area contributed by atoms with Crippen LogP contribution in [0.1, 0.15) is 23.1 Å². The van der Waals surface area contributed by atoms with Gasteiger partial charge < -0.3 is 15.0 Å². The van der Waals surface area contributed by atoms with E-state index in [-0.39, 0.29) is 24.1 Å². The van der Waals surface area contributed by atoms with Crippen LogP contribution in [0.5, 0.6) is 5.75 Å². The third-order valence-electron chi connectivity index (χ3n) is 3.33. The Bertz CT molecular complexity index is 528. The van der Waals surface area contributed by atoms with Crippen LogP contribution in [0.4, 0.5) is 13.2 Å². The van der Waals surface area contributed by atoms with E-state index < -0.39 is 12.8 Å². The maximum absolute atomic E-state index is 12.3. The monoisotopic (exact) mass is 368 g/mol. The highest BCUT2D eigenvalue weighted by Crippen LogP contribution is 2.27. The summed E-state index contributed by atoms with van der Waals surface area (Å²) in [4.78, 5) is 13.5. The zero-order chi connectivity index (χ0) is 17.6. The summed E-state index contributed by atoms with van der Waals surface area (Å²) in [6.07, 6.45) is -3.96. The molecule has 0 bridgehead atoms. The molecule has 1 rings (SSSR count). The van der Waals surface area contributed by atoms with Gasteiger partial charge in [-0.05, 0) is 37.6 Å². The third kappa shape index (κ3) is 7.40. The molecule has 1 aromatic carbocycles. The highest BCUT2D eigenvalue weighted by Gasteiger charge is 2.29. The summed E-state index contributed by atoms with van der Waals surface area (Å²) >= 11 is 0. The van der Waals surface area contributed by atoms with Crippen molar-refractivity contribution < 1.29 is 22.7 Å². The molecule has 0 heterocycles. The lowest BCUT2D eigenvalue weighted by molar-refractivity contribution is -0.153. The van der Waals surface area contributed by atoms with Gasteiger partial charge in [0.25, 0.3) is 0 Å². The molecule has 0 atom stereocenters. The lowest BCUT2D eigenvalue weighted by atomic mass is 10.1. The Labute approximate surface area is 146 Å². The lowest BCUT2D eigenvalue weighted by Crippen LogP contribution is -2.28. The van der Waals surface area contributed by atoms with Crippen LogP contribution in [0.25, 0.3) is 0 Å². The predicted molar refractivity (Wildman–Crippen MR) is 89.7 cm³/mol. The van der Waals surface area contributed by atoms with E-state index in [2.05, 4.69) is 5.32 Å². The molecule has 0 spiro atoms. The molecular weight excluding hydrogens is 345 g/mol. The number of nitrogens with one attached hydrogen (secondary N) is 1. The summed E-state index contributed by atoms with van der Waals surface area (Å²) in [6.45, 7) is 3.10. The van der Waals surface area contributed by atoms with E-state index in [0.717, 1.165) is 5.56 Å². The quantitative estimate of drug-likeness (QED) is 0.803. The third-order valence-corrected chi connectivity index (χ3v) is 3.33. The van der Waals surface area contributed by atoms with Gasteiger partial charge in [0, 0.05) is 26.6 Å². The summed E-state index contributed by atoms with van der Waals surface area (Å²) in [5, 5.41) is 2.91. The lowest BCUT2D eigenvalue weighted by Gasteiger charge is -2.20. The molecule has 0 saturated heterocycles. The number of amides is 1. The van der Waals surface area contributed by atoms with Crippen molar-refractivity contribution in [2.75, 3.05) is 27.2 Å². The molecule has 1 aromatic rings. The van der Waals surface area contributed by atoms with Crippen LogP contribution in [0.15, 0.2) is 12.1 Å². The van der Waals surface area contributed by atoms with Gasteiger partial charge in [-0.3, -0.25) is 4.79 Å². The summed E-state index contributed by atoms with van der Waals surface area (Å²) in [5.41, 5.74) is 2.11. The Hall–Kier alpha value is -1.47. The largest absolute Gasteiger partial charge is 0.484 e. The molecule has 0 fully saturated rings. The van der Waals surface area contributed by atoms with Crippen LogP contribution in [-0.4, -0.2) is 44.2 Å². The average molecular weight is 369 g/mol. The Morgan fingerprint density at radius 3 is 2.25 bits per heavy atom. The number of aryl methyl sites for hydroxylation is 2. The highest BCUT2D eigenvalue weighted by atomic mass is 35.5. The Kier molecular flexibility index (Phi) is 9.14. The van der Waals surface area contributed by atoms with Gasteiger partial charge in [-0.2, -0.15) is 13.2 Å². The molecule has 0 aliphatic heterocycles. The van der Waals surface area contributed by atoms with E-state index in [1.807, 2.05) is 0 Å². The Morgan fingerprint density at radius 2 is 1.79 bits per heavy atom. The van der Waals surface area contributed by atoms with E-state index >= 15 is 0 Å². The molecule has 138 valence electrons. The molecule has 0 aromatic heterocycles. The molecule has 8 heteroatoms. The predicted octanol–water partition coefficient (Wildman–Crippen LogP) is 3.23. The van der Waals surface area contributed by atoms with Gasteiger partial charge in [-0.25, -0.2) is 0 Å². The second-order valence-electron chi connectivity index (χ2n) is 5.57. The summed E-state index contributed by atoms with van der Waals surface area (Å²) in [7, 11) is 3.48. The van der Waals surface area contributed by atoms with Crippen molar-refractivity contribution in [3.63, 3.8) is 0 Å². The zero-order valence-corrected chi connectivity index (χ0v) is 15.1. The molecule has 0 radical (unpaired) electrons. The van der Waals surface area contributed by atoms with Crippen molar-refractivity contribution in [3.05, 3.63) is 28.8 Å². The van der Waals surface area contributed by atoms with E-state index in [9.17, 15) is 18.0 Å². The second kappa shape index (κ2) is 9.74. The zero-order valence-electron chi connectivity index (χ0n) is 14.3. The molecule has 0 saturated carbocycles. The fourth-order valence-corrected chi connectivity index (χ4v) is 2.30. The first-order valence-corrected chi connectivity index (χ1v) is 7.32. The van der Waals surface area contributed by atoms with Gasteiger partial charge in [-0.1, -0.05) is 12.1 Å². The van der Waals surface area contributed by atoms with Crippen LogP contribution in [0.2, 0.25) is 0 Å². The minimum absolute atomic E-state index is 0. The molecule has 4 nitrogen and oxygen atoms in total. The molecule has 1 amide bonds. The van der Waals surface area contributed by atoms with Gasteiger partial charge >= 0.3 is 6.18 Å². The molecule has 0 unspecified atom stereocenters. The van der Waals surface area contributed by atoms with Crippen molar-refractivity contribution in [2.24, 2.45) is 0 Å². The van der Waals surface area contributed by atoms with Gasteiger partial charge in [0.2, 0.25) is 5.91 Å². The van der Waals surface area contributed by atoms with E-state index in [1.165, 1.54) is 0 Å². The van der Waals surface area contributed by atoms with Crippen molar-refractivity contribution in [1.29, 1.82) is 0 Å². The maximum Gasteiger partial charge on any atom is 0.422 e. The Morgan fingerprint density at radius 1 is 1.25 bits per heavy atom. The van der Waals surface area contributed by atoms with Crippen LogP contribution >= 0.6 is 12.4 Å². The number of carbonyl (C=O) groups excluding carboxylic acids is 1. The summed E-state index contributed by atoms with van der Waals surface area (Å²) < 4.78 is 41.7.